The lowest BCUT2D eigenvalue weighted by Gasteiger charge is -1.94. The van der Waals surface area contributed by atoms with Crippen molar-refractivity contribution in [2.75, 3.05) is 0 Å². The highest BCUT2D eigenvalue weighted by atomic mass is 16.5. The van der Waals surface area contributed by atoms with Gasteiger partial charge in [-0.3, -0.25) is 0 Å². The quantitative estimate of drug-likeness (QED) is 0.708. The average Bonchev–Trinajstić information content (AvgIpc) is 2.74. The summed E-state index contributed by atoms with van der Waals surface area (Å²) in [6, 6.07) is 5.74. The first kappa shape index (κ1) is 8.51. The van der Waals surface area contributed by atoms with E-state index in [1.807, 2.05) is 36.0 Å². The Morgan fingerprint density at radius 3 is 3.14 bits per heavy atom. The molecule has 0 atom stereocenters. The number of hydrogen-bond acceptors (Lipinski definition) is 4. The van der Waals surface area contributed by atoms with E-state index in [2.05, 4.69) is 10.1 Å². The van der Waals surface area contributed by atoms with Crippen LogP contribution in [0.4, 0.5) is 0 Å². The van der Waals surface area contributed by atoms with E-state index in [9.17, 15) is 0 Å². The lowest BCUT2D eigenvalue weighted by molar-refractivity contribution is 0.422. The Kier molecular flexibility index (Phi) is 2.03. The summed E-state index contributed by atoms with van der Waals surface area (Å²) >= 11 is 0. The Labute approximate surface area is 80.6 Å². The van der Waals surface area contributed by atoms with E-state index in [0.29, 0.717) is 11.7 Å². The fourth-order valence-corrected chi connectivity index (χ4v) is 1.18. The molecular formula is C9H8N4O. The molecule has 2 heterocycles. The van der Waals surface area contributed by atoms with E-state index in [0.717, 1.165) is 5.69 Å². The zero-order valence-corrected chi connectivity index (χ0v) is 7.64. The second-order valence-electron chi connectivity index (χ2n) is 2.85. The zero-order valence-electron chi connectivity index (χ0n) is 7.64. The van der Waals surface area contributed by atoms with Crippen LogP contribution in [0.25, 0.3) is 11.6 Å². The van der Waals surface area contributed by atoms with Gasteiger partial charge in [-0.15, -0.1) is 0 Å². The molecule has 0 unspecified atom stereocenters. The molecule has 0 amide bonds. The van der Waals surface area contributed by atoms with E-state index >= 15 is 0 Å². The van der Waals surface area contributed by atoms with Gasteiger partial charge in [-0.2, -0.15) is 10.2 Å². The van der Waals surface area contributed by atoms with Crippen LogP contribution in [0.2, 0.25) is 0 Å². The third-order valence-corrected chi connectivity index (χ3v) is 1.87. The first-order valence-electron chi connectivity index (χ1n) is 4.12. The maximum Gasteiger partial charge on any atom is 0.274 e. The average molecular weight is 188 g/mol. The monoisotopic (exact) mass is 188 g/mol. The number of hydrogen-bond donors (Lipinski definition) is 0. The van der Waals surface area contributed by atoms with Crippen LogP contribution in [0.5, 0.6) is 0 Å². The van der Waals surface area contributed by atoms with Crippen LogP contribution in [0.1, 0.15) is 5.82 Å². The molecule has 5 nitrogen and oxygen atoms in total. The van der Waals surface area contributed by atoms with Gasteiger partial charge in [0.25, 0.3) is 5.89 Å². The van der Waals surface area contributed by atoms with Crippen molar-refractivity contribution in [1.82, 2.24) is 14.7 Å². The first-order chi connectivity index (χ1) is 6.81. The highest BCUT2D eigenvalue weighted by Gasteiger charge is 2.10. The number of nitriles is 1. The maximum atomic E-state index is 8.44. The van der Waals surface area contributed by atoms with E-state index in [1.165, 1.54) is 0 Å². The minimum absolute atomic E-state index is 0.175. The van der Waals surface area contributed by atoms with Crippen LogP contribution in [0.3, 0.4) is 0 Å². The molecule has 0 radical (unpaired) electrons. The van der Waals surface area contributed by atoms with E-state index < -0.39 is 0 Å². The Hall–Kier alpha value is -2.09. The fourth-order valence-electron chi connectivity index (χ4n) is 1.18. The highest BCUT2D eigenvalue weighted by Crippen LogP contribution is 2.16. The minimum atomic E-state index is 0.175. The summed E-state index contributed by atoms with van der Waals surface area (Å²) < 4.78 is 6.89. The number of rotatable bonds is 2. The normalized spacial score (nSPS) is 10.0. The van der Waals surface area contributed by atoms with Crippen LogP contribution in [-0.4, -0.2) is 14.7 Å². The molecule has 0 fully saturated rings. The van der Waals surface area contributed by atoms with Gasteiger partial charge in [0.05, 0.1) is 12.5 Å². The van der Waals surface area contributed by atoms with Crippen molar-refractivity contribution in [3.05, 3.63) is 24.2 Å². The second kappa shape index (κ2) is 3.34. The van der Waals surface area contributed by atoms with Crippen molar-refractivity contribution in [2.45, 2.75) is 6.42 Å². The third-order valence-electron chi connectivity index (χ3n) is 1.87. The Morgan fingerprint density at radius 1 is 1.64 bits per heavy atom. The van der Waals surface area contributed by atoms with Gasteiger partial charge in [-0.25, -0.2) is 0 Å². The molecule has 2 aromatic heterocycles. The Balaban J connectivity index is 2.35. The fraction of sp³-hybridized carbons (Fsp3) is 0.222. The Morgan fingerprint density at radius 2 is 2.50 bits per heavy atom. The van der Waals surface area contributed by atoms with Gasteiger partial charge in [0.15, 0.2) is 5.82 Å². The molecule has 0 spiro atoms. The molecule has 0 aliphatic heterocycles. The standard InChI is InChI=1S/C9H8N4O/c1-13-6-2-3-7(13)9-11-8(4-5-10)12-14-9/h2-3,6H,4H2,1H3. The lowest BCUT2D eigenvalue weighted by Crippen LogP contribution is -1.89. The summed E-state index contributed by atoms with van der Waals surface area (Å²) in [6.45, 7) is 0. The van der Waals surface area contributed by atoms with Crippen molar-refractivity contribution >= 4 is 0 Å². The van der Waals surface area contributed by atoms with Crippen molar-refractivity contribution in [2.24, 2.45) is 7.05 Å². The predicted octanol–water partition coefficient (Wildman–Crippen LogP) is 1.14. The van der Waals surface area contributed by atoms with Gasteiger partial charge in [0, 0.05) is 13.2 Å². The molecule has 2 aromatic rings. The van der Waals surface area contributed by atoms with Crippen molar-refractivity contribution in [3.8, 4) is 17.7 Å². The molecule has 0 aromatic carbocycles. The second-order valence-corrected chi connectivity index (χ2v) is 2.85. The number of nitrogens with zero attached hydrogens (tertiary/aromatic N) is 4. The van der Waals surface area contributed by atoms with Gasteiger partial charge in [-0.1, -0.05) is 5.16 Å². The van der Waals surface area contributed by atoms with E-state index in [-0.39, 0.29) is 6.42 Å². The molecule has 0 bridgehead atoms. The largest absolute Gasteiger partial charge is 0.347 e. The summed E-state index contributed by atoms with van der Waals surface area (Å²) in [5.41, 5.74) is 0.849. The molecule has 0 saturated heterocycles. The summed E-state index contributed by atoms with van der Waals surface area (Å²) in [6.07, 6.45) is 2.07. The van der Waals surface area contributed by atoms with Crippen LogP contribution in [-0.2, 0) is 13.5 Å². The van der Waals surface area contributed by atoms with Crippen LogP contribution >= 0.6 is 0 Å². The van der Waals surface area contributed by atoms with Gasteiger partial charge in [-0.05, 0) is 12.1 Å². The number of aromatic nitrogens is 3. The minimum Gasteiger partial charge on any atom is -0.347 e. The van der Waals surface area contributed by atoms with E-state index in [4.69, 9.17) is 9.78 Å². The summed E-state index contributed by atoms with van der Waals surface area (Å²) in [4.78, 5) is 4.08. The summed E-state index contributed by atoms with van der Waals surface area (Å²) in [7, 11) is 1.89. The van der Waals surface area contributed by atoms with Crippen LogP contribution in [0.15, 0.2) is 22.9 Å². The highest BCUT2D eigenvalue weighted by molar-refractivity contribution is 5.47. The Bertz CT molecular complexity index is 477. The van der Waals surface area contributed by atoms with Crippen molar-refractivity contribution in [3.63, 3.8) is 0 Å². The molecule has 0 aliphatic rings. The van der Waals surface area contributed by atoms with E-state index in [1.54, 1.807) is 0 Å². The first-order valence-corrected chi connectivity index (χ1v) is 4.12. The number of aryl methyl sites for hydroxylation is 1. The lowest BCUT2D eigenvalue weighted by atomic mass is 10.4. The molecule has 70 valence electrons. The van der Waals surface area contributed by atoms with Gasteiger partial charge < -0.3 is 9.09 Å². The van der Waals surface area contributed by atoms with Crippen LogP contribution < -0.4 is 0 Å². The van der Waals surface area contributed by atoms with Gasteiger partial charge in [0.1, 0.15) is 5.69 Å². The van der Waals surface area contributed by atoms with Gasteiger partial charge >= 0.3 is 0 Å². The van der Waals surface area contributed by atoms with Crippen molar-refractivity contribution < 1.29 is 4.52 Å². The zero-order chi connectivity index (χ0) is 9.97. The van der Waals surface area contributed by atoms with Gasteiger partial charge in [0.2, 0.25) is 0 Å². The maximum absolute atomic E-state index is 8.44. The third kappa shape index (κ3) is 1.38. The molecule has 5 heteroatoms. The summed E-state index contributed by atoms with van der Waals surface area (Å²) in [5.74, 6) is 0.867. The molecular weight excluding hydrogens is 180 g/mol. The molecule has 2 rings (SSSR count). The summed E-state index contributed by atoms with van der Waals surface area (Å²) in [5, 5.41) is 12.1. The molecule has 0 aliphatic carbocycles. The molecule has 14 heavy (non-hydrogen) atoms. The smallest absolute Gasteiger partial charge is 0.274 e. The topological polar surface area (TPSA) is 67.6 Å². The SMILES string of the molecule is Cn1cccc1-c1nc(CC#N)no1. The van der Waals surface area contributed by atoms with Crippen molar-refractivity contribution in [1.29, 1.82) is 5.26 Å². The van der Waals surface area contributed by atoms with Crippen LogP contribution in [0, 0.1) is 11.3 Å². The molecule has 0 N–H and O–H groups in total. The molecule has 0 saturated carbocycles. The predicted molar refractivity (Wildman–Crippen MR) is 48.0 cm³/mol.